The third-order valence-corrected chi connectivity index (χ3v) is 6.73. The Morgan fingerprint density at radius 2 is 1.88 bits per heavy atom. The number of anilines is 1. The highest BCUT2D eigenvalue weighted by Crippen LogP contribution is 2.32. The predicted molar refractivity (Wildman–Crippen MR) is 129 cm³/mol. The second kappa shape index (κ2) is 9.65. The lowest BCUT2D eigenvalue weighted by Gasteiger charge is -2.40. The molecule has 2 aliphatic heterocycles. The van der Waals surface area contributed by atoms with Gasteiger partial charge in [0, 0.05) is 34.7 Å². The Morgan fingerprint density at radius 1 is 1.16 bits per heavy atom. The van der Waals surface area contributed by atoms with Crippen LogP contribution in [0.5, 0.6) is 5.75 Å². The summed E-state index contributed by atoms with van der Waals surface area (Å²) in [5.41, 5.74) is 3.93. The summed E-state index contributed by atoms with van der Waals surface area (Å²) in [6.45, 7) is 4.93. The number of halogens is 1. The zero-order valence-corrected chi connectivity index (χ0v) is 19.8. The van der Waals surface area contributed by atoms with Gasteiger partial charge in [0.2, 0.25) is 5.91 Å². The molecule has 0 bridgehead atoms. The highest BCUT2D eigenvalue weighted by molar-refractivity contribution is 6.30. The summed E-state index contributed by atoms with van der Waals surface area (Å²) >= 11 is 6.16. The fourth-order valence-corrected chi connectivity index (χ4v) is 4.88. The van der Waals surface area contributed by atoms with E-state index in [1.54, 1.807) is 0 Å². The van der Waals surface area contributed by atoms with Crippen molar-refractivity contribution in [2.24, 2.45) is 5.92 Å². The van der Waals surface area contributed by atoms with Crippen molar-refractivity contribution >= 4 is 29.3 Å². The van der Waals surface area contributed by atoms with Crippen LogP contribution in [0.15, 0.2) is 42.5 Å². The van der Waals surface area contributed by atoms with Crippen LogP contribution in [0.2, 0.25) is 5.02 Å². The molecule has 1 N–H and O–H groups in total. The van der Waals surface area contributed by atoms with Crippen molar-refractivity contribution in [3.8, 4) is 5.75 Å². The first kappa shape index (κ1) is 22.8. The lowest BCUT2D eigenvalue weighted by Crippen LogP contribution is -2.50. The van der Waals surface area contributed by atoms with Crippen molar-refractivity contribution in [1.29, 1.82) is 0 Å². The molecular formula is C26H32ClN2O3+. The van der Waals surface area contributed by atoms with Crippen LogP contribution in [0.3, 0.4) is 0 Å². The van der Waals surface area contributed by atoms with Crippen LogP contribution in [0.1, 0.15) is 29.5 Å². The summed E-state index contributed by atoms with van der Waals surface area (Å²) in [6, 6.07) is 12.5. The van der Waals surface area contributed by atoms with Crippen molar-refractivity contribution in [3.05, 3.63) is 64.2 Å². The fourth-order valence-electron chi connectivity index (χ4n) is 4.60. The monoisotopic (exact) mass is 455 g/mol. The molecule has 0 spiro atoms. The van der Waals surface area contributed by atoms with Gasteiger partial charge in [-0.25, -0.2) is 0 Å². The van der Waals surface area contributed by atoms with Crippen molar-refractivity contribution in [2.45, 2.75) is 32.4 Å². The van der Waals surface area contributed by atoms with Gasteiger partial charge in [-0.1, -0.05) is 35.9 Å². The van der Waals surface area contributed by atoms with Crippen LogP contribution >= 0.6 is 11.6 Å². The molecule has 6 heteroatoms. The molecule has 1 atom stereocenters. The highest BCUT2D eigenvalue weighted by Gasteiger charge is 2.30. The lowest BCUT2D eigenvalue weighted by molar-refractivity contribution is -0.929. The fraction of sp³-hybridized carbons (Fsp3) is 0.423. The van der Waals surface area contributed by atoms with Crippen molar-refractivity contribution in [3.63, 3.8) is 0 Å². The minimum absolute atomic E-state index is 0.0797. The topological polar surface area (TPSA) is 47.6 Å². The van der Waals surface area contributed by atoms with E-state index in [4.69, 9.17) is 21.1 Å². The van der Waals surface area contributed by atoms with Gasteiger partial charge in [0.1, 0.15) is 18.9 Å². The maximum absolute atomic E-state index is 12.9. The maximum Gasteiger partial charge on any atom is 0.234 e. The summed E-state index contributed by atoms with van der Waals surface area (Å²) in [6.07, 6.45) is 6.02. The zero-order chi connectivity index (χ0) is 22.7. The van der Waals surface area contributed by atoms with E-state index < -0.39 is 0 Å². The number of nitrogens with zero attached hydrogens (tertiary/aromatic N) is 1. The minimum atomic E-state index is -0.371. The number of rotatable bonds is 5. The van der Waals surface area contributed by atoms with Gasteiger partial charge in [0.25, 0.3) is 0 Å². The van der Waals surface area contributed by atoms with Crippen molar-refractivity contribution < 1.29 is 18.8 Å². The number of carbonyl (C=O) groups is 1. The number of amides is 1. The molecule has 0 aromatic heterocycles. The largest absolute Gasteiger partial charge is 0.492 e. The molecule has 1 unspecified atom stereocenters. The average molecular weight is 456 g/mol. The van der Waals surface area contributed by atoms with E-state index in [1.807, 2.05) is 43.3 Å². The molecule has 5 nitrogen and oxygen atoms in total. The lowest BCUT2D eigenvalue weighted by atomic mass is 10.0. The summed E-state index contributed by atoms with van der Waals surface area (Å²) in [7, 11) is 4.58. The number of hydrogen-bond donors (Lipinski definition) is 1. The van der Waals surface area contributed by atoms with E-state index in [2.05, 4.69) is 31.5 Å². The number of fused-ring (bicyclic) bond motifs is 1. The molecule has 1 saturated heterocycles. The normalized spacial score (nSPS) is 19.1. The Bertz CT molecular complexity index is 995. The molecule has 0 saturated carbocycles. The molecule has 2 aliphatic rings. The number of quaternary nitrogens is 1. The molecule has 2 heterocycles. The van der Waals surface area contributed by atoms with Crippen molar-refractivity contribution in [2.75, 3.05) is 39.2 Å². The molecule has 1 amide bonds. The van der Waals surface area contributed by atoms with Crippen LogP contribution in [-0.2, 0) is 16.1 Å². The smallest absolute Gasteiger partial charge is 0.234 e. The standard InChI is InChI=1S/C26H31ClN2O3/c1-18-14-22(27)15-20-6-7-21(17-32-25(18)20)26(30)28-23-8-4-19(5-9-23)16-29(2,3)24-10-12-31-13-11-24/h4-9,14-15,21,24H,10-13,16-17H2,1-3H3/p+1. The highest BCUT2D eigenvalue weighted by atomic mass is 35.5. The molecular weight excluding hydrogens is 424 g/mol. The third kappa shape index (κ3) is 5.34. The van der Waals surface area contributed by atoms with Gasteiger partial charge in [-0.2, -0.15) is 0 Å². The second-order valence-corrected chi connectivity index (χ2v) is 9.82. The van der Waals surface area contributed by atoms with Gasteiger partial charge in [0.15, 0.2) is 0 Å². The first-order valence-corrected chi connectivity index (χ1v) is 11.6. The summed E-state index contributed by atoms with van der Waals surface area (Å²) in [4.78, 5) is 12.9. The Balaban J connectivity index is 1.37. The number of benzene rings is 2. The minimum Gasteiger partial charge on any atom is -0.492 e. The van der Waals surface area contributed by atoms with Crippen LogP contribution < -0.4 is 10.1 Å². The molecule has 170 valence electrons. The molecule has 4 rings (SSSR count). The van der Waals surface area contributed by atoms with E-state index in [-0.39, 0.29) is 11.8 Å². The number of aryl methyl sites for hydroxylation is 1. The van der Waals surface area contributed by atoms with Gasteiger partial charge < -0.3 is 19.3 Å². The number of nitrogens with one attached hydrogen (secondary N) is 1. The van der Waals surface area contributed by atoms with Crippen LogP contribution in [0.4, 0.5) is 5.69 Å². The average Bonchev–Trinajstić information content (AvgIpc) is 2.98. The van der Waals surface area contributed by atoms with E-state index in [0.717, 1.165) is 59.6 Å². The Hall–Kier alpha value is -2.34. The first-order valence-electron chi connectivity index (χ1n) is 11.2. The SMILES string of the molecule is Cc1cc(Cl)cc2c1OCC(C(=O)Nc1ccc(C[N+](C)(C)C3CCOCC3)cc1)C=C2. The predicted octanol–water partition coefficient (Wildman–Crippen LogP) is 5.06. The van der Waals surface area contributed by atoms with E-state index in [0.29, 0.717) is 17.7 Å². The molecule has 0 aliphatic carbocycles. The molecule has 0 radical (unpaired) electrons. The molecule has 1 fully saturated rings. The summed E-state index contributed by atoms with van der Waals surface area (Å²) in [5, 5.41) is 3.69. The van der Waals surface area contributed by atoms with Gasteiger partial charge in [-0.3, -0.25) is 4.79 Å². The number of ether oxygens (including phenoxy) is 2. The summed E-state index contributed by atoms with van der Waals surface area (Å²) in [5.74, 6) is 0.337. The van der Waals surface area contributed by atoms with Crippen LogP contribution in [0.25, 0.3) is 6.08 Å². The van der Waals surface area contributed by atoms with E-state index >= 15 is 0 Å². The van der Waals surface area contributed by atoms with Crippen molar-refractivity contribution in [1.82, 2.24) is 0 Å². The van der Waals surface area contributed by atoms with Gasteiger partial charge >= 0.3 is 0 Å². The third-order valence-electron chi connectivity index (χ3n) is 6.51. The van der Waals surface area contributed by atoms with E-state index in [1.165, 1.54) is 5.56 Å². The first-order chi connectivity index (χ1) is 15.3. The van der Waals surface area contributed by atoms with Gasteiger partial charge in [0.05, 0.1) is 39.3 Å². The Kier molecular flexibility index (Phi) is 6.89. The zero-order valence-electron chi connectivity index (χ0n) is 19.1. The van der Waals surface area contributed by atoms with E-state index in [9.17, 15) is 4.79 Å². The van der Waals surface area contributed by atoms with Crippen LogP contribution in [0, 0.1) is 12.8 Å². The molecule has 2 aromatic carbocycles. The quantitative estimate of drug-likeness (QED) is 0.640. The Labute approximate surface area is 195 Å². The second-order valence-electron chi connectivity index (χ2n) is 9.38. The van der Waals surface area contributed by atoms with Gasteiger partial charge in [-0.05, 0) is 36.8 Å². The van der Waals surface area contributed by atoms with Gasteiger partial charge in [-0.15, -0.1) is 0 Å². The summed E-state index contributed by atoms with van der Waals surface area (Å²) < 4.78 is 12.4. The Morgan fingerprint density at radius 3 is 2.59 bits per heavy atom. The van der Waals surface area contributed by atoms with Crippen LogP contribution in [-0.4, -0.2) is 50.3 Å². The number of carbonyl (C=O) groups excluding carboxylic acids is 1. The molecule has 32 heavy (non-hydrogen) atoms. The number of hydrogen-bond acceptors (Lipinski definition) is 3. The maximum atomic E-state index is 12.9. The molecule has 2 aromatic rings.